The Balaban J connectivity index is 0.00000220. The standard InChI is InChI=1S/C16H31N3O.2ClH/c1-13(2)18-7-9-19(10-8-18)16(20)11-14(3)15-5-4-6-17-12-15;;/h13-15,17H,4-12H2,1-3H3;2*1H. The van der Waals surface area contributed by atoms with Gasteiger partial charge in [0.25, 0.3) is 0 Å². The number of piperazine rings is 1. The summed E-state index contributed by atoms with van der Waals surface area (Å²) in [5, 5.41) is 3.46. The lowest BCUT2D eigenvalue weighted by molar-refractivity contribution is -0.134. The molecule has 0 saturated carbocycles. The Morgan fingerprint density at radius 2 is 1.77 bits per heavy atom. The monoisotopic (exact) mass is 353 g/mol. The number of halogens is 2. The largest absolute Gasteiger partial charge is 0.340 e. The van der Waals surface area contributed by atoms with E-state index < -0.39 is 0 Å². The number of amides is 1. The molecule has 22 heavy (non-hydrogen) atoms. The van der Waals surface area contributed by atoms with Gasteiger partial charge in [0, 0.05) is 38.6 Å². The van der Waals surface area contributed by atoms with Crippen LogP contribution in [0.1, 0.15) is 40.0 Å². The normalized spacial score (nSPS) is 24.4. The Morgan fingerprint density at radius 3 is 2.27 bits per heavy atom. The minimum Gasteiger partial charge on any atom is -0.340 e. The van der Waals surface area contributed by atoms with Crippen LogP contribution in [0.25, 0.3) is 0 Å². The van der Waals surface area contributed by atoms with Crippen LogP contribution in [0.3, 0.4) is 0 Å². The van der Waals surface area contributed by atoms with E-state index in [0.717, 1.165) is 45.7 Å². The van der Waals surface area contributed by atoms with E-state index in [9.17, 15) is 4.79 Å². The van der Waals surface area contributed by atoms with Gasteiger partial charge in [-0.3, -0.25) is 9.69 Å². The van der Waals surface area contributed by atoms with E-state index in [1.807, 2.05) is 0 Å². The molecular weight excluding hydrogens is 321 g/mol. The van der Waals surface area contributed by atoms with Gasteiger partial charge in [-0.25, -0.2) is 0 Å². The van der Waals surface area contributed by atoms with Crippen LogP contribution in [0, 0.1) is 11.8 Å². The zero-order valence-corrected chi connectivity index (χ0v) is 15.8. The van der Waals surface area contributed by atoms with Gasteiger partial charge in [-0.15, -0.1) is 24.8 Å². The molecule has 2 saturated heterocycles. The van der Waals surface area contributed by atoms with E-state index in [2.05, 4.69) is 35.9 Å². The second-order valence-corrected chi connectivity index (χ2v) is 6.80. The predicted octanol–water partition coefficient (Wildman–Crippen LogP) is 2.41. The Morgan fingerprint density at radius 1 is 1.14 bits per heavy atom. The summed E-state index contributed by atoms with van der Waals surface area (Å²) in [6.45, 7) is 12.8. The first-order chi connectivity index (χ1) is 9.58. The third kappa shape index (κ3) is 6.23. The summed E-state index contributed by atoms with van der Waals surface area (Å²) in [5.41, 5.74) is 0. The zero-order chi connectivity index (χ0) is 14.5. The number of piperidine rings is 1. The summed E-state index contributed by atoms with van der Waals surface area (Å²) in [5.74, 6) is 1.56. The zero-order valence-electron chi connectivity index (χ0n) is 14.2. The maximum Gasteiger partial charge on any atom is 0.222 e. The van der Waals surface area contributed by atoms with Crippen molar-refractivity contribution in [1.29, 1.82) is 0 Å². The lowest BCUT2D eigenvalue weighted by Crippen LogP contribution is -2.51. The SMILES string of the molecule is CC(CC(=O)N1CCN(C(C)C)CC1)C1CCCNC1.Cl.Cl. The second kappa shape index (κ2) is 10.7. The van der Waals surface area contributed by atoms with Crippen molar-refractivity contribution in [2.75, 3.05) is 39.3 Å². The van der Waals surface area contributed by atoms with E-state index in [1.165, 1.54) is 12.8 Å². The Kier molecular flexibility index (Phi) is 10.7. The second-order valence-electron chi connectivity index (χ2n) is 6.80. The van der Waals surface area contributed by atoms with Gasteiger partial charge in [0.1, 0.15) is 0 Å². The Hall–Kier alpha value is -0.0300. The summed E-state index contributed by atoms with van der Waals surface area (Å²) in [4.78, 5) is 16.9. The molecule has 1 N–H and O–H groups in total. The maximum absolute atomic E-state index is 12.4. The van der Waals surface area contributed by atoms with Crippen LogP contribution in [-0.4, -0.2) is 61.0 Å². The lowest BCUT2D eigenvalue weighted by Gasteiger charge is -2.38. The highest BCUT2D eigenvalue weighted by Crippen LogP contribution is 2.23. The minimum atomic E-state index is 0. The van der Waals surface area contributed by atoms with Gasteiger partial charge < -0.3 is 10.2 Å². The highest BCUT2D eigenvalue weighted by Gasteiger charge is 2.26. The van der Waals surface area contributed by atoms with Crippen molar-refractivity contribution < 1.29 is 4.79 Å². The molecule has 4 nitrogen and oxygen atoms in total. The first kappa shape index (κ1) is 22.0. The van der Waals surface area contributed by atoms with E-state index in [1.54, 1.807) is 0 Å². The van der Waals surface area contributed by atoms with Crippen molar-refractivity contribution in [1.82, 2.24) is 15.1 Å². The smallest absolute Gasteiger partial charge is 0.222 e. The third-order valence-electron chi connectivity index (χ3n) is 5.03. The first-order valence-corrected chi connectivity index (χ1v) is 8.30. The Labute approximate surface area is 148 Å². The molecule has 1 amide bonds. The topological polar surface area (TPSA) is 35.6 Å². The highest BCUT2D eigenvalue weighted by molar-refractivity contribution is 5.85. The number of hydrogen-bond donors (Lipinski definition) is 1. The van der Waals surface area contributed by atoms with E-state index in [4.69, 9.17) is 0 Å². The molecule has 2 fully saturated rings. The van der Waals surface area contributed by atoms with Gasteiger partial charge >= 0.3 is 0 Å². The molecule has 0 radical (unpaired) electrons. The molecule has 0 spiro atoms. The van der Waals surface area contributed by atoms with Crippen molar-refractivity contribution in [3.63, 3.8) is 0 Å². The minimum absolute atomic E-state index is 0. The highest BCUT2D eigenvalue weighted by atomic mass is 35.5. The molecule has 132 valence electrons. The predicted molar refractivity (Wildman–Crippen MR) is 97.2 cm³/mol. The van der Waals surface area contributed by atoms with Gasteiger partial charge in [-0.2, -0.15) is 0 Å². The molecule has 2 rings (SSSR count). The van der Waals surface area contributed by atoms with Crippen LogP contribution < -0.4 is 5.32 Å². The van der Waals surface area contributed by atoms with Crippen LogP contribution in [0.4, 0.5) is 0 Å². The molecule has 0 aromatic rings. The molecule has 2 aliphatic heterocycles. The van der Waals surface area contributed by atoms with Crippen molar-refractivity contribution in [3.05, 3.63) is 0 Å². The number of nitrogens with one attached hydrogen (secondary N) is 1. The van der Waals surface area contributed by atoms with Gasteiger partial charge in [0.2, 0.25) is 5.91 Å². The molecule has 0 aromatic heterocycles. The summed E-state index contributed by atoms with van der Waals surface area (Å²) < 4.78 is 0. The summed E-state index contributed by atoms with van der Waals surface area (Å²) in [6, 6.07) is 0.597. The molecule has 6 heteroatoms. The van der Waals surface area contributed by atoms with Crippen LogP contribution in [-0.2, 0) is 4.79 Å². The Bertz CT molecular complexity index is 315. The van der Waals surface area contributed by atoms with E-state index >= 15 is 0 Å². The van der Waals surface area contributed by atoms with Crippen molar-refractivity contribution >= 4 is 30.7 Å². The van der Waals surface area contributed by atoms with Crippen molar-refractivity contribution in [2.24, 2.45) is 11.8 Å². The van der Waals surface area contributed by atoms with Crippen LogP contribution in [0.2, 0.25) is 0 Å². The van der Waals surface area contributed by atoms with Crippen LogP contribution >= 0.6 is 24.8 Å². The van der Waals surface area contributed by atoms with Gasteiger partial charge in [0.05, 0.1) is 0 Å². The van der Waals surface area contributed by atoms with Gasteiger partial charge in [0.15, 0.2) is 0 Å². The van der Waals surface area contributed by atoms with Crippen molar-refractivity contribution in [2.45, 2.75) is 46.1 Å². The molecule has 2 heterocycles. The average Bonchev–Trinajstić information content (AvgIpc) is 2.48. The molecule has 0 aliphatic carbocycles. The first-order valence-electron chi connectivity index (χ1n) is 8.30. The molecule has 0 aromatic carbocycles. The molecule has 2 atom stereocenters. The molecule has 2 aliphatic rings. The van der Waals surface area contributed by atoms with E-state index in [0.29, 0.717) is 23.8 Å². The number of nitrogens with zero attached hydrogens (tertiary/aromatic N) is 2. The number of hydrogen-bond acceptors (Lipinski definition) is 3. The average molecular weight is 354 g/mol. The maximum atomic E-state index is 12.4. The molecule has 2 unspecified atom stereocenters. The van der Waals surface area contributed by atoms with Gasteiger partial charge in [-0.05, 0) is 51.6 Å². The molecular formula is C16H33Cl2N3O. The van der Waals surface area contributed by atoms with Crippen LogP contribution in [0.15, 0.2) is 0 Å². The van der Waals surface area contributed by atoms with E-state index in [-0.39, 0.29) is 24.8 Å². The van der Waals surface area contributed by atoms with Gasteiger partial charge in [-0.1, -0.05) is 6.92 Å². The quantitative estimate of drug-likeness (QED) is 0.842. The fourth-order valence-corrected chi connectivity index (χ4v) is 3.42. The summed E-state index contributed by atoms with van der Waals surface area (Å²) in [7, 11) is 0. The number of rotatable bonds is 4. The lowest BCUT2D eigenvalue weighted by atomic mass is 9.85. The van der Waals surface area contributed by atoms with Crippen LogP contribution in [0.5, 0.6) is 0 Å². The molecule has 0 bridgehead atoms. The summed E-state index contributed by atoms with van der Waals surface area (Å²) >= 11 is 0. The number of carbonyl (C=O) groups is 1. The fraction of sp³-hybridized carbons (Fsp3) is 0.938. The third-order valence-corrected chi connectivity index (χ3v) is 5.03. The van der Waals surface area contributed by atoms with Crippen molar-refractivity contribution in [3.8, 4) is 0 Å². The number of carbonyl (C=O) groups excluding carboxylic acids is 1. The fourth-order valence-electron chi connectivity index (χ4n) is 3.42. The summed E-state index contributed by atoms with van der Waals surface area (Å²) in [6.07, 6.45) is 3.27.